The van der Waals surface area contributed by atoms with Crippen LogP contribution in [0.1, 0.15) is 17.3 Å². The molecular weight excluding hydrogens is 229 g/mol. The topological polar surface area (TPSA) is 61.0 Å². The van der Waals surface area contributed by atoms with Crippen LogP contribution in [-0.2, 0) is 0 Å². The van der Waals surface area contributed by atoms with Crippen molar-refractivity contribution < 1.29 is 9.13 Å². The van der Waals surface area contributed by atoms with E-state index in [1.165, 1.54) is 13.3 Å². The molecule has 0 radical (unpaired) electrons. The number of halogens is 1. The molecule has 16 heavy (non-hydrogen) atoms. The molecule has 84 valence electrons. The van der Waals surface area contributed by atoms with Crippen molar-refractivity contribution in [2.75, 3.05) is 7.11 Å². The van der Waals surface area contributed by atoms with Crippen LogP contribution < -0.4 is 10.5 Å². The number of benzene rings is 1. The SMILES string of the molecule is COc1cccc(C(N)c2cnsn2)c1F. The van der Waals surface area contributed by atoms with Crippen LogP contribution in [0.5, 0.6) is 5.75 Å². The Morgan fingerprint density at radius 1 is 1.50 bits per heavy atom. The van der Waals surface area contributed by atoms with Crippen molar-refractivity contribution >= 4 is 11.7 Å². The Bertz CT molecular complexity index is 475. The number of nitrogens with two attached hydrogens (primary N) is 1. The Hall–Kier alpha value is -1.53. The van der Waals surface area contributed by atoms with E-state index in [9.17, 15) is 4.39 Å². The van der Waals surface area contributed by atoms with E-state index in [-0.39, 0.29) is 5.75 Å². The highest BCUT2D eigenvalue weighted by atomic mass is 32.1. The van der Waals surface area contributed by atoms with E-state index >= 15 is 0 Å². The van der Waals surface area contributed by atoms with Crippen molar-refractivity contribution in [3.05, 3.63) is 41.5 Å². The molecule has 0 aliphatic rings. The van der Waals surface area contributed by atoms with Crippen LogP contribution in [0, 0.1) is 5.82 Å². The van der Waals surface area contributed by atoms with Gasteiger partial charge in [0.1, 0.15) is 0 Å². The maximum Gasteiger partial charge on any atom is 0.170 e. The third-order valence-electron chi connectivity index (χ3n) is 2.25. The molecule has 2 N–H and O–H groups in total. The van der Waals surface area contributed by atoms with Gasteiger partial charge in [-0.2, -0.15) is 8.75 Å². The predicted molar refractivity (Wildman–Crippen MR) is 58.9 cm³/mol. The number of hydrogen-bond acceptors (Lipinski definition) is 5. The first-order valence-electron chi connectivity index (χ1n) is 4.59. The van der Waals surface area contributed by atoms with Gasteiger partial charge >= 0.3 is 0 Å². The minimum Gasteiger partial charge on any atom is -0.494 e. The van der Waals surface area contributed by atoms with E-state index in [4.69, 9.17) is 10.5 Å². The fraction of sp³-hybridized carbons (Fsp3) is 0.200. The lowest BCUT2D eigenvalue weighted by molar-refractivity contribution is 0.383. The van der Waals surface area contributed by atoms with Gasteiger partial charge < -0.3 is 10.5 Å². The molecule has 0 fully saturated rings. The smallest absolute Gasteiger partial charge is 0.170 e. The Kier molecular flexibility index (Phi) is 3.12. The highest BCUT2D eigenvalue weighted by Gasteiger charge is 2.18. The van der Waals surface area contributed by atoms with Gasteiger partial charge in [0, 0.05) is 5.56 Å². The largest absolute Gasteiger partial charge is 0.494 e. The molecule has 0 saturated heterocycles. The molecular formula is C10H10FN3OS. The summed E-state index contributed by atoms with van der Waals surface area (Å²) in [6, 6.07) is 4.23. The molecule has 1 unspecified atom stereocenters. The van der Waals surface area contributed by atoms with Crippen molar-refractivity contribution in [1.82, 2.24) is 8.75 Å². The van der Waals surface area contributed by atoms with E-state index < -0.39 is 11.9 Å². The fourth-order valence-corrected chi connectivity index (χ4v) is 1.85. The highest BCUT2D eigenvalue weighted by Crippen LogP contribution is 2.26. The summed E-state index contributed by atoms with van der Waals surface area (Å²) < 4.78 is 26.6. The van der Waals surface area contributed by atoms with Gasteiger partial charge in [-0.3, -0.25) is 0 Å². The number of hydrogen-bond donors (Lipinski definition) is 1. The second kappa shape index (κ2) is 4.54. The third kappa shape index (κ3) is 1.89. The van der Waals surface area contributed by atoms with Crippen molar-refractivity contribution in [1.29, 1.82) is 0 Å². The molecule has 0 aliphatic heterocycles. The van der Waals surface area contributed by atoms with E-state index in [0.29, 0.717) is 11.3 Å². The molecule has 1 heterocycles. The summed E-state index contributed by atoms with van der Waals surface area (Å²) in [7, 11) is 1.41. The number of aromatic nitrogens is 2. The van der Waals surface area contributed by atoms with Crippen molar-refractivity contribution in [3.63, 3.8) is 0 Å². The summed E-state index contributed by atoms with van der Waals surface area (Å²) in [5, 5.41) is 0. The molecule has 6 heteroatoms. The van der Waals surface area contributed by atoms with E-state index in [1.807, 2.05) is 0 Å². The Balaban J connectivity index is 2.41. The fourth-order valence-electron chi connectivity index (χ4n) is 1.39. The van der Waals surface area contributed by atoms with Gasteiger partial charge in [0.15, 0.2) is 11.6 Å². The van der Waals surface area contributed by atoms with Gasteiger partial charge in [-0.1, -0.05) is 12.1 Å². The standard InChI is InChI=1S/C10H10FN3OS/c1-15-8-4-2-3-6(9(8)11)10(12)7-5-13-16-14-7/h2-5,10H,12H2,1H3. The Morgan fingerprint density at radius 2 is 2.31 bits per heavy atom. The van der Waals surface area contributed by atoms with Gasteiger partial charge in [-0.05, 0) is 6.07 Å². The summed E-state index contributed by atoms with van der Waals surface area (Å²) in [5.74, 6) is -0.276. The maximum absolute atomic E-state index is 13.9. The Morgan fingerprint density at radius 3 is 2.94 bits per heavy atom. The zero-order valence-corrected chi connectivity index (χ0v) is 9.37. The first-order valence-corrected chi connectivity index (χ1v) is 5.32. The number of rotatable bonds is 3. The predicted octanol–water partition coefficient (Wildman–Crippen LogP) is 1.73. The minimum atomic E-state index is -0.617. The van der Waals surface area contributed by atoms with Gasteiger partial charge in [0.2, 0.25) is 0 Å². The lowest BCUT2D eigenvalue weighted by atomic mass is 10.0. The second-order valence-corrected chi connectivity index (χ2v) is 3.73. The molecule has 0 spiro atoms. The first kappa shape index (κ1) is 11.0. The van der Waals surface area contributed by atoms with Gasteiger partial charge in [0.25, 0.3) is 0 Å². The van der Waals surface area contributed by atoms with Crippen LogP contribution in [0.3, 0.4) is 0 Å². The van der Waals surface area contributed by atoms with Gasteiger partial charge in [-0.25, -0.2) is 4.39 Å². The van der Waals surface area contributed by atoms with E-state index in [0.717, 1.165) is 11.7 Å². The molecule has 0 aliphatic carbocycles. The second-order valence-electron chi connectivity index (χ2n) is 3.17. The third-order valence-corrected chi connectivity index (χ3v) is 2.74. The van der Waals surface area contributed by atoms with Crippen molar-refractivity contribution in [3.8, 4) is 5.75 Å². The zero-order valence-electron chi connectivity index (χ0n) is 8.55. The van der Waals surface area contributed by atoms with E-state index in [2.05, 4.69) is 8.75 Å². The molecule has 1 aromatic carbocycles. The normalized spacial score (nSPS) is 12.4. The van der Waals surface area contributed by atoms with Crippen LogP contribution >= 0.6 is 11.7 Å². The first-order chi connectivity index (χ1) is 7.74. The highest BCUT2D eigenvalue weighted by molar-refractivity contribution is 6.99. The van der Waals surface area contributed by atoms with Crippen molar-refractivity contribution in [2.45, 2.75) is 6.04 Å². The van der Waals surface area contributed by atoms with E-state index in [1.54, 1.807) is 18.2 Å². The van der Waals surface area contributed by atoms with Crippen LogP contribution in [0.25, 0.3) is 0 Å². The average Bonchev–Trinajstić information content (AvgIpc) is 2.82. The monoisotopic (exact) mass is 239 g/mol. The quantitative estimate of drug-likeness (QED) is 0.886. The summed E-state index contributed by atoms with van der Waals surface area (Å²) in [6.07, 6.45) is 1.54. The van der Waals surface area contributed by atoms with Crippen LogP contribution in [-0.4, -0.2) is 15.9 Å². The summed E-state index contributed by atoms with van der Waals surface area (Å²) >= 11 is 1.04. The van der Waals surface area contributed by atoms with Crippen LogP contribution in [0.15, 0.2) is 24.4 Å². The summed E-state index contributed by atoms with van der Waals surface area (Å²) in [6.45, 7) is 0. The van der Waals surface area contributed by atoms with Crippen LogP contribution in [0.2, 0.25) is 0 Å². The lowest BCUT2D eigenvalue weighted by Gasteiger charge is -2.11. The van der Waals surface area contributed by atoms with Crippen molar-refractivity contribution in [2.24, 2.45) is 5.73 Å². The number of nitrogens with zero attached hydrogens (tertiary/aromatic N) is 2. The lowest BCUT2D eigenvalue weighted by Crippen LogP contribution is -2.14. The molecule has 0 saturated carbocycles. The molecule has 0 amide bonds. The molecule has 1 atom stereocenters. The molecule has 2 rings (SSSR count). The number of methoxy groups -OCH3 is 1. The molecule has 1 aromatic heterocycles. The Labute approximate surface area is 96.2 Å². The van der Waals surface area contributed by atoms with Gasteiger partial charge in [-0.15, -0.1) is 0 Å². The zero-order chi connectivity index (χ0) is 11.5. The summed E-state index contributed by atoms with van der Waals surface area (Å²) in [4.78, 5) is 0. The summed E-state index contributed by atoms with van der Waals surface area (Å²) in [5.41, 5.74) is 6.80. The molecule has 4 nitrogen and oxygen atoms in total. The van der Waals surface area contributed by atoms with Gasteiger partial charge in [0.05, 0.1) is 36.8 Å². The average molecular weight is 239 g/mol. The minimum absolute atomic E-state index is 0.177. The molecule has 2 aromatic rings. The number of ether oxygens (including phenoxy) is 1. The maximum atomic E-state index is 13.9. The molecule has 0 bridgehead atoms. The van der Waals surface area contributed by atoms with Crippen LogP contribution in [0.4, 0.5) is 4.39 Å².